The second-order valence-electron chi connectivity index (χ2n) is 10.5. The van der Waals surface area contributed by atoms with Gasteiger partial charge in [0.1, 0.15) is 17.1 Å². The highest BCUT2D eigenvalue weighted by atomic mass is 16.6. The number of hydrogen-bond acceptors (Lipinski definition) is 11. The van der Waals surface area contributed by atoms with Gasteiger partial charge in [-0.25, -0.2) is 9.78 Å². The van der Waals surface area contributed by atoms with Gasteiger partial charge < -0.3 is 40.6 Å². The molecule has 1 amide bonds. The molecule has 1 heterocycles. The van der Waals surface area contributed by atoms with Gasteiger partial charge in [0.25, 0.3) is 0 Å². The maximum Gasteiger partial charge on any atom is 0.407 e. The van der Waals surface area contributed by atoms with Crippen LogP contribution in [0.3, 0.4) is 0 Å². The summed E-state index contributed by atoms with van der Waals surface area (Å²) < 4.78 is 21.6. The maximum absolute atomic E-state index is 11.7. The highest BCUT2D eigenvalue weighted by Crippen LogP contribution is 2.25. The van der Waals surface area contributed by atoms with Gasteiger partial charge in [0.05, 0.1) is 31.7 Å². The number of nitrogens with zero attached hydrogens (tertiary/aromatic N) is 2. The van der Waals surface area contributed by atoms with E-state index in [1.807, 2.05) is 69.3 Å². The standard InChI is InChI=1S/C31H42N6O6/c1-5-40-27(38)9-6-7-19-41-24-14-10-22(11-15-24)35-28-26(32)21-34-29(37-28)36-23-12-16-25(17-13-23)42-20-8-18-33-30(39)43-31(2,3)4/h10-17,21H,5-9,18-20,32H2,1-4H3,(H,33,39)(H2,34,35,36,37). The molecule has 1 aromatic heterocycles. The molecule has 0 saturated heterocycles. The Kier molecular flexibility index (Phi) is 12.7. The van der Waals surface area contributed by atoms with Crippen LogP contribution < -0.4 is 31.2 Å². The first-order valence-electron chi connectivity index (χ1n) is 14.4. The minimum absolute atomic E-state index is 0.178. The Balaban J connectivity index is 1.42. The molecule has 12 heteroatoms. The third-order valence-electron chi connectivity index (χ3n) is 5.65. The third-order valence-corrected chi connectivity index (χ3v) is 5.65. The lowest BCUT2D eigenvalue weighted by Gasteiger charge is -2.19. The number of benzene rings is 2. The van der Waals surface area contributed by atoms with E-state index in [2.05, 4.69) is 25.9 Å². The monoisotopic (exact) mass is 594 g/mol. The molecule has 0 fully saturated rings. The van der Waals surface area contributed by atoms with E-state index in [1.54, 1.807) is 6.92 Å². The van der Waals surface area contributed by atoms with E-state index in [0.29, 0.717) is 62.4 Å². The Bertz CT molecular complexity index is 1300. The molecule has 3 aromatic rings. The van der Waals surface area contributed by atoms with E-state index in [1.165, 1.54) is 6.20 Å². The second kappa shape index (κ2) is 16.6. The number of esters is 1. The van der Waals surface area contributed by atoms with Crippen LogP contribution in [0.2, 0.25) is 0 Å². The van der Waals surface area contributed by atoms with Crippen LogP contribution >= 0.6 is 0 Å². The van der Waals surface area contributed by atoms with Crippen LogP contribution in [-0.4, -0.2) is 54.0 Å². The second-order valence-corrected chi connectivity index (χ2v) is 10.5. The van der Waals surface area contributed by atoms with E-state index >= 15 is 0 Å². The average molecular weight is 595 g/mol. The van der Waals surface area contributed by atoms with Crippen LogP contribution in [0.1, 0.15) is 53.4 Å². The van der Waals surface area contributed by atoms with Gasteiger partial charge >= 0.3 is 12.1 Å². The van der Waals surface area contributed by atoms with Gasteiger partial charge in [-0.15, -0.1) is 0 Å². The molecule has 0 radical (unpaired) electrons. The van der Waals surface area contributed by atoms with Crippen molar-refractivity contribution in [1.82, 2.24) is 15.3 Å². The van der Waals surface area contributed by atoms with Crippen LogP contribution in [0, 0.1) is 0 Å². The number of nitrogen functional groups attached to an aromatic ring is 1. The van der Waals surface area contributed by atoms with Crippen molar-refractivity contribution in [3.05, 3.63) is 54.7 Å². The molecule has 43 heavy (non-hydrogen) atoms. The van der Waals surface area contributed by atoms with Crippen molar-refractivity contribution in [3.63, 3.8) is 0 Å². The number of amides is 1. The molecule has 0 aliphatic carbocycles. The molecule has 0 unspecified atom stereocenters. The van der Waals surface area contributed by atoms with Crippen LogP contribution in [0.4, 0.5) is 33.6 Å². The van der Waals surface area contributed by atoms with E-state index in [0.717, 1.165) is 30.0 Å². The SMILES string of the molecule is CCOC(=O)CCCCOc1ccc(Nc2nc(Nc3ccc(OCCCNC(=O)OC(C)(C)C)cc3)ncc2N)cc1. The topological polar surface area (TPSA) is 159 Å². The Morgan fingerprint density at radius 3 is 2.07 bits per heavy atom. The summed E-state index contributed by atoms with van der Waals surface area (Å²) in [6.07, 6.45) is 3.62. The molecular formula is C31H42N6O6. The Labute approximate surface area is 252 Å². The number of nitrogens with one attached hydrogen (secondary N) is 3. The fourth-order valence-corrected chi connectivity index (χ4v) is 3.65. The number of rotatable bonds is 16. The van der Waals surface area contributed by atoms with Crippen molar-refractivity contribution in [2.24, 2.45) is 0 Å². The summed E-state index contributed by atoms with van der Waals surface area (Å²) in [6, 6.07) is 14.8. The predicted octanol–water partition coefficient (Wildman–Crippen LogP) is 5.95. The van der Waals surface area contributed by atoms with Crippen molar-refractivity contribution >= 4 is 40.9 Å². The molecule has 0 saturated carbocycles. The number of unbranched alkanes of at least 4 members (excludes halogenated alkanes) is 1. The third kappa shape index (κ3) is 12.8. The van der Waals surface area contributed by atoms with Crippen LogP contribution in [0.5, 0.6) is 11.5 Å². The first-order chi connectivity index (χ1) is 20.6. The van der Waals surface area contributed by atoms with Crippen molar-refractivity contribution in [2.45, 2.75) is 59.0 Å². The zero-order chi connectivity index (χ0) is 31.1. The number of hydrogen-bond donors (Lipinski definition) is 4. The van der Waals surface area contributed by atoms with Gasteiger partial charge in [-0.3, -0.25) is 4.79 Å². The first kappa shape index (κ1) is 32.8. The summed E-state index contributed by atoms with van der Waals surface area (Å²) >= 11 is 0. The number of alkyl carbamates (subject to hydrolysis) is 1. The normalized spacial score (nSPS) is 10.9. The van der Waals surface area contributed by atoms with Gasteiger partial charge in [0, 0.05) is 24.3 Å². The molecule has 0 atom stereocenters. The number of nitrogens with two attached hydrogens (primary N) is 1. The Morgan fingerprint density at radius 2 is 1.47 bits per heavy atom. The molecule has 0 aliphatic rings. The van der Waals surface area contributed by atoms with Gasteiger partial charge in [-0.05, 0) is 95.5 Å². The lowest BCUT2D eigenvalue weighted by Crippen LogP contribution is -2.33. The Morgan fingerprint density at radius 1 is 0.860 bits per heavy atom. The van der Waals surface area contributed by atoms with Crippen molar-refractivity contribution in [3.8, 4) is 11.5 Å². The average Bonchev–Trinajstić information content (AvgIpc) is 2.95. The molecule has 0 bridgehead atoms. The van der Waals surface area contributed by atoms with Crippen molar-refractivity contribution in [1.29, 1.82) is 0 Å². The van der Waals surface area contributed by atoms with E-state index in [9.17, 15) is 9.59 Å². The van der Waals surface area contributed by atoms with E-state index in [4.69, 9.17) is 24.7 Å². The number of carbonyl (C=O) groups is 2. The summed E-state index contributed by atoms with van der Waals surface area (Å²) in [7, 11) is 0. The summed E-state index contributed by atoms with van der Waals surface area (Å²) in [5, 5.41) is 9.08. The highest BCUT2D eigenvalue weighted by Gasteiger charge is 2.15. The molecule has 3 rings (SSSR count). The van der Waals surface area contributed by atoms with Gasteiger partial charge in [-0.2, -0.15) is 4.98 Å². The number of aromatic nitrogens is 2. The quantitative estimate of drug-likeness (QED) is 0.115. The summed E-state index contributed by atoms with van der Waals surface area (Å²) in [5.41, 5.74) is 7.55. The fourth-order valence-electron chi connectivity index (χ4n) is 3.65. The van der Waals surface area contributed by atoms with Gasteiger partial charge in [0.2, 0.25) is 5.95 Å². The molecule has 2 aromatic carbocycles. The lowest BCUT2D eigenvalue weighted by molar-refractivity contribution is -0.143. The summed E-state index contributed by atoms with van der Waals surface area (Å²) in [6.45, 7) is 9.08. The molecule has 12 nitrogen and oxygen atoms in total. The lowest BCUT2D eigenvalue weighted by atomic mass is 10.2. The maximum atomic E-state index is 11.7. The van der Waals surface area contributed by atoms with Crippen LogP contribution in [0.15, 0.2) is 54.7 Å². The number of anilines is 5. The van der Waals surface area contributed by atoms with Crippen molar-refractivity contribution < 1.29 is 28.5 Å². The minimum atomic E-state index is -0.524. The molecule has 5 N–H and O–H groups in total. The zero-order valence-electron chi connectivity index (χ0n) is 25.3. The largest absolute Gasteiger partial charge is 0.494 e. The van der Waals surface area contributed by atoms with E-state index in [-0.39, 0.29) is 5.97 Å². The molecule has 0 spiro atoms. The number of carbonyl (C=O) groups excluding carboxylic acids is 2. The van der Waals surface area contributed by atoms with Gasteiger partial charge in [-0.1, -0.05) is 0 Å². The van der Waals surface area contributed by atoms with Crippen LogP contribution in [0.25, 0.3) is 0 Å². The van der Waals surface area contributed by atoms with Crippen molar-refractivity contribution in [2.75, 3.05) is 42.7 Å². The molecule has 232 valence electrons. The smallest absolute Gasteiger partial charge is 0.407 e. The Hall–Kier alpha value is -4.74. The fraction of sp³-hybridized carbons (Fsp3) is 0.419. The zero-order valence-corrected chi connectivity index (χ0v) is 25.3. The molecular weight excluding hydrogens is 552 g/mol. The first-order valence-corrected chi connectivity index (χ1v) is 14.4. The summed E-state index contributed by atoms with van der Waals surface area (Å²) in [5.74, 6) is 2.09. The summed E-state index contributed by atoms with van der Waals surface area (Å²) in [4.78, 5) is 31.9. The molecule has 0 aliphatic heterocycles. The van der Waals surface area contributed by atoms with E-state index < -0.39 is 11.7 Å². The minimum Gasteiger partial charge on any atom is -0.494 e. The predicted molar refractivity (Wildman–Crippen MR) is 166 cm³/mol. The highest BCUT2D eigenvalue weighted by molar-refractivity contribution is 5.70. The number of ether oxygens (including phenoxy) is 4. The van der Waals surface area contributed by atoms with Crippen LogP contribution in [-0.2, 0) is 14.3 Å². The van der Waals surface area contributed by atoms with Gasteiger partial charge in [0.15, 0.2) is 5.82 Å².